The van der Waals surface area contributed by atoms with Gasteiger partial charge in [0.1, 0.15) is 17.4 Å². The number of carbonyl (C=O) groups excluding carboxylic acids is 1. The van der Waals surface area contributed by atoms with Gasteiger partial charge in [-0.3, -0.25) is 4.90 Å². The van der Waals surface area contributed by atoms with Crippen LogP contribution in [0.4, 0.5) is 20.7 Å². The molecule has 2 aliphatic heterocycles. The number of anilines is 2. The predicted molar refractivity (Wildman–Crippen MR) is 132 cm³/mol. The summed E-state index contributed by atoms with van der Waals surface area (Å²) in [6, 6.07) is 11.2. The summed E-state index contributed by atoms with van der Waals surface area (Å²) in [6.45, 7) is 2.66. The molecule has 5 rings (SSSR count). The van der Waals surface area contributed by atoms with Crippen LogP contribution in [0.5, 0.6) is 5.75 Å². The van der Waals surface area contributed by atoms with Gasteiger partial charge in [0.05, 0.1) is 10.7 Å². The normalized spacial score (nSPS) is 18.3. The maximum atomic E-state index is 14.7. The molecule has 3 heterocycles. The molecule has 176 valence electrons. The monoisotopic (exact) mass is 481 g/mol. The van der Waals surface area contributed by atoms with Crippen molar-refractivity contribution in [3.8, 4) is 28.0 Å². The molecule has 0 radical (unpaired) electrons. The lowest BCUT2D eigenvalue weighted by atomic mass is 9.97. The first kappa shape index (κ1) is 22.4. The summed E-state index contributed by atoms with van der Waals surface area (Å²) < 4.78 is 14.7. The second kappa shape index (κ2) is 8.77. The van der Waals surface area contributed by atoms with E-state index in [1.54, 1.807) is 47.3 Å². The van der Waals surface area contributed by atoms with Crippen LogP contribution in [0.15, 0.2) is 48.7 Å². The molecule has 7 nitrogen and oxygen atoms in total. The van der Waals surface area contributed by atoms with Crippen LogP contribution < -0.4 is 15.5 Å². The maximum Gasteiger partial charge on any atom is 0.324 e. The SMILES string of the molecule is CN1CCN(c2ccc(-c3cc(F)cc(-c4ccnc(N5CC[C@H](N)C5)c4)c3O)cc2Cl)C1=O. The van der Waals surface area contributed by atoms with Gasteiger partial charge in [-0.25, -0.2) is 14.2 Å². The van der Waals surface area contributed by atoms with Crippen molar-refractivity contribution in [1.29, 1.82) is 0 Å². The van der Waals surface area contributed by atoms with Crippen molar-refractivity contribution in [2.24, 2.45) is 5.73 Å². The zero-order valence-electron chi connectivity index (χ0n) is 18.7. The molecule has 9 heteroatoms. The third kappa shape index (κ3) is 4.03. The van der Waals surface area contributed by atoms with E-state index in [4.69, 9.17) is 17.3 Å². The smallest absolute Gasteiger partial charge is 0.324 e. The molecule has 2 saturated heterocycles. The summed E-state index contributed by atoms with van der Waals surface area (Å²) >= 11 is 6.51. The van der Waals surface area contributed by atoms with E-state index in [1.807, 2.05) is 6.07 Å². The van der Waals surface area contributed by atoms with Crippen molar-refractivity contribution < 1.29 is 14.3 Å². The number of likely N-dealkylation sites (N-methyl/N-ethyl adjacent to an activating group) is 1. The Kier molecular flexibility index (Phi) is 5.79. The average molecular weight is 482 g/mol. The first-order valence-corrected chi connectivity index (χ1v) is 11.5. The van der Waals surface area contributed by atoms with Crippen molar-refractivity contribution in [2.75, 3.05) is 43.0 Å². The van der Waals surface area contributed by atoms with Gasteiger partial charge >= 0.3 is 6.03 Å². The first-order chi connectivity index (χ1) is 16.3. The largest absolute Gasteiger partial charge is 0.507 e. The third-order valence-electron chi connectivity index (χ3n) is 6.45. The lowest BCUT2D eigenvalue weighted by molar-refractivity contribution is 0.229. The van der Waals surface area contributed by atoms with Gasteiger partial charge in [0.15, 0.2) is 0 Å². The van der Waals surface area contributed by atoms with E-state index in [1.165, 1.54) is 12.1 Å². The molecule has 2 amide bonds. The summed E-state index contributed by atoms with van der Waals surface area (Å²) in [5.41, 5.74) is 8.48. The molecule has 2 fully saturated rings. The van der Waals surface area contributed by atoms with Gasteiger partial charge in [0.25, 0.3) is 0 Å². The molecule has 0 unspecified atom stereocenters. The molecule has 2 aromatic carbocycles. The molecule has 1 atom stereocenters. The van der Waals surface area contributed by atoms with Crippen LogP contribution in [0.2, 0.25) is 5.02 Å². The minimum atomic E-state index is -0.485. The van der Waals surface area contributed by atoms with Crippen LogP contribution in [-0.2, 0) is 0 Å². The summed E-state index contributed by atoms with van der Waals surface area (Å²) in [5, 5.41) is 11.5. The number of carbonyl (C=O) groups is 1. The number of pyridine rings is 1. The van der Waals surface area contributed by atoms with Gasteiger partial charge in [-0.2, -0.15) is 0 Å². The standard InChI is InChI=1S/C25H25ClFN5O2/c1-30-8-9-32(25(30)34)22-3-2-15(10-21(22)26)19-12-17(27)13-20(24(19)33)16-4-6-29-23(11-16)31-7-5-18(28)14-31/h2-4,6,10-13,18,33H,5,7-9,14,28H2,1H3/t18-/m0/s1. The Morgan fingerprint density at radius 3 is 2.44 bits per heavy atom. The Bertz CT molecular complexity index is 1270. The molecule has 2 aliphatic rings. The van der Waals surface area contributed by atoms with Crippen molar-refractivity contribution >= 4 is 29.1 Å². The number of nitrogens with two attached hydrogens (primary N) is 1. The fourth-order valence-electron chi connectivity index (χ4n) is 4.56. The predicted octanol–water partition coefficient (Wildman–Crippen LogP) is 4.32. The third-order valence-corrected chi connectivity index (χ3v) is 6.75. The molecule has 0 bridgehead atoms. The number of nitrogens with zero attached hydrogens (tertiary/aromatic N) is 4. The fraction of sp³-hybridized carbons (Fsp3) is 0.280. The van der Waals surface area contributed by atoms with Gasteiger partial charge < -0.3 is 20.6 Å². The zero-order valence-corrected chi connectivity index (χ0v) is 19.5. The molecule has 0 spiro atoms. The second-order valence-electron chi connectivity index (χ2n) is 8.77. The van der Waals surface area contributed by atoms with Gasteiger partial charge in [0.2, 0.25) is 0 Å². The summed E-state index contributed by atoms with van der Waals surface area (Å²) in [7, 11) is 1.74. The van der Waals surface area contributed by atoms with Gasteiger partial charge in [-0.1, -0.05) is 17.7 Å². The van der Waals surface area contributed by atoms with Crippen LogP contribution in [0.25, 0.3) is 22.3 Å². The number of phenols is 1. The molecule has 3 aromatic rings. The minimum Gasteiger partial charge on any atom is -0.507 e. The van der Waals surface area contributed by atoms with E-state index < -0.39 is 5.82 Å². The molecular weight excluding hydrogens is 457 g/mol. The number of rotatable bonds is 4. The fourth-order valence-corrected chi connectivity index (χ4v) is 4.84. The number of halogens is 2. The van der Waals surface area contributed by atoms with Crippen molar-refractivity contribution in [1.82, 2.24) is 9.88 Å². The van der Waals surface area contributed by atoms with E-state index in [9.17, 15) is 14.3 Å². The second-order valence-corrected chi connectivity index (χ2v) is 9.18. The summed E-state index contributed by atoms with van der Waals surface area (Å²) in [4.78, 5) is 22.1. The molecule has 1 aromatic heterocycles. The van der Waals surface area contributed by atoms with E-state index in [-0.39, 0.29) is 17.8 Å². The van der Waals surface area contributed by atoms with Crippen LogP contribution >= 0.6 is 11.6 Å². The Labute approximate surface area is 202 Å². The number of aromatic hydroxyl groups is 1. The number of urea groups is 1. The molecule has 0 aliphatic carbocycles. The minimum absolute atomic E-state index is 0.0579. The Hall–Kier alpha value is -3.36. The van der Waals surface area contributed by atoms with Crippen LogP contribution in [-0.4, -0.2) is 60.3 Å². The number of aromatic nitrogens is 1. The van der Waals surface area contributed by atoms with E-state index >= 15 is 0 Å². The van der Waals surface area contributed by atoms with Gasteiger partial charge in [-0.05, 0) is 53.9 Å². The Morgan fingerprint density at radius 2 is 1.82 bits per heavy atom. The van der Waals surface area contributed by atoms with Crippen molar-refractivity contribution in [3.05, 3.63) is 59.5 Å². The van der Waals surface area contributed by atoms with Gasteiger partial charge in [-0.15, -0.1) is 0 Å². The Balaban J connectivity index is 1.51. The van der Waals surface area contributed by atoms with Crippen LogP contribution in [0.1, 0.15) is 6.42 Å². The quantitative estimate of drug-likeness (QED) is 0.579. The van der Waals surface area contributed by atoms with E-state index in [0.29, 0.717) is 52.6 Å². The number of phenolic OH excluding ortho intramolecular Hbond substituents is 1. The summed E-state index contributed by atoms with van der Waals surface area (Å²) in [5.74, 6) is 0.196. The number of amides is 2. The average Bonchev–Trinajstić information content (AvgIpc) is 3.40. The van der Waals surface area contributed by atoms with Crippen molar-refractivity contribution in [2.45, 2.75) is 12.5 Å². The Morgan fingerprint density at radius 1 is 1.09 bits per heavy atom. The zero-order chi connectivity index (χ0) is 24.0. The van der Waals surface area contributed by atoms with E-state index in [2.05, 4.69) is 9.88 Å². The summed E-state index contributed by atoms with van der Waals surface area (Å²) in [6.07, 6.45) is 2.53. The highest BCUT2D eigenvalue weighted by molar-refractivity contribution is 6.34. The molecular formula is C25H25ClFN5O2. The number of benzene rings is 2. The van der Waals surface area contributed by atoms with Crippen LogP contribution in [0.3, 0.4) is 0 Å². The van der Waals surface area contributed by atoms with Crippen molar-refractivity contribution in [3.63, 3.8) is 0 Å². The highest BCUT2D eigenvalue weighted by Crippen LogP contribution is 2.42. The first-order valence-electron chi connectivity index (χ1n) is 11.1. The molecule has 34 heavy (non-hydrogen) atoms. The molecule has 3 N–H and O–H groups in total. The highest BCUT2D eigenvalue weighted by Gasteiger charge is 2.28. The number of hydrogen-bond donors (Lipinski definition) is 2. The maximum absolute atomic E-state index is 14.7. The van der Waals surface area contributed by atoms with Gasteiger partial charge in [0, 0.05) is 56.6 Å². The number of hydrogen-bond acceptors (Lipinski definition) is 5. The lowest BCUT2D eigenvalue weighted by Crippen LogP contribution is -2.29. The van der Waals surface area contributed by atoms with Crippen LogP contribution in [0, 0.1) is 5.82 Å². The topological polar surface area (TPSA) is 85.9 Å². The molecule has 0 saturated carbocycles. The highest BCUT2D eigenvalue weighted by atomic mass is 35.5. The van der Waals surface area contributed by atoms with E-state index in [0.717, 1.165) is 18.8 Å². The lowest BCUT2D eigenvalue weighted by Gasteiger charge is -2.19.